The number of hydrogen-bond donors (Lipinski definition) is 1. The number of methoxy groups -OCH3 is 1. The predicted octanol–water partition coefficient (Wildman–Crippen LogP) is 6.05. The molecule has 46 heavy (non-hydrogen) atoms. The standard InChI is InChI=1S/C32H25FN4O8S/c1-36(46(3,41)42)25-16-27-22(29(31(34)38)30(44-27)18-5-7-20(33)8-6-18)14-19(25)12-17-4-11-26(43-2)23(13-17)32-35-24-10-9-21(37(39)40)15-28(24)45-32/h4-11,13-16H,12H2,1-3H3,(H2,34,38). The molecule has 0 aliphatic rings. The van der Waals surface area contributed by atoms with Crippen LogP contribution in [0.1, 0.15) is 21.5 Å². The van der Waals surface area contributed by atoms with Crippen molar-refractivity contribution in [2.45, 2.75) is 6.42 Å². The van der Waals surface area contributed by atoms with E-state index in [1.165, 1.54) is 62.7 Å². The van der Waals surface area contributed by atoms with Gasteiger partial charge in [0.1, 0.15) is 28.4 Å². The monoisotopic (exact) mass is 644 g/mol. The number of non-ortho nitro benzene ring substituents is 1. The third kappa shape index (κ3) is 5.49. The molecule has 0 atom stereocenters. The first-order chi connectivity index (χ1) is 21.8. The summed E-state index contributed by atoms with van der Waals surface area (Å²) in [4.78, 5) is 27.9. The summed E-state index contributed by atoms with van der Waals surface area (Å²) >= 11 is 0. The number of carbonyl (C=O) groups is 1. The number of nitro groups is 1. The number of carbonyl (C=O) groups excluding carboxylic acids is 1. The van der Waals surface area contributed by atoms with Crippen LogP contribution in [-0.4, -0.2) is 44.6 Å². The van der Waals surface area contributed by atoms with Crippen LogP contribution in [0.15, 0.2) is 81.6 Å². The van der Waals surface area contributed by atoms with Crippen molar-refractivity contribution in [2.24, 2.45) is 5.73 Å². The molecular weight excluding hydrogens is 619 g/mol. The Hall–Kier alpha value is -5.76. The first-order valence-corrected chi connectivity index (χ1v) is 15.5. The Balaban J connectivity index is 1.50. The lowest BCUT2D eigenvalue weighted by atomic mass is 9.97. The fourth-order valence-corrected chi connectivity index (χ4v) is 5.76. The number of hydrogen-bond acceptors (Lipinski definition) is 9. The number of anilines is 1. The molecule has 0 saturated heterocycles. The van der Waals surface area contributed by atoms with Gasteiger partial charge in [-0.3, -0.25) is 19.2 Å². The molecule has 14 heteroatoms. The second-order valence-corrected chi connectivity index (χ2v) is 12.5. The number of aromatic nitrogens is 1. The Bertz CT molecular complexity index is 2300. The van der Waals surface area contributed by atoms with E-state index in [0.29, 0.717) is 38.9 Å². The average molecular weight is 645 g/mol. The van der Waals surface area contributed by atoms with Gasteiger partial charge in [-0.15, -0.1) is 0 Å². The molecule has 1 amide bonds. The number of nitrogens with two attached hydrogens (primary N) is 1. The summed E-state index contributed by atoms with van der Waals surface area (Å²) in [6.45, 7) is 0. The van der Waals surface area contributed by atoms with Gasteiger partial charge in [-0.25, -0.2) is 17.8 Å². The van der Waals surface area contributed by atoms with E-state index < -0.39 is 26.7 Å². The summed E-state index contributed by atoms with van der Waals surface area (Å²) in [6.07, 6.45) is 1.23. The number of primary amides is 1. The molecular formula is C32H25FN4O8S. The maximum Gasteiger partial charge on any atom is 0.273 e. The molecule has 234 valence electrons. The third-order valence-corrected chi connectivity index (χ3v) is 8.74. The van der Waals surface area contributed by atoms with Gasteiger partial charge in [0.05, 0.1) is 41.2 Å². The maximum absolute atomic E-state index is 13.6. The van der Waals surface area contributed by atoms with Crippen LogP contribution in [0, 0.1) is 15.9 Å². The van der Waals surface area contributed by atoms with Crippen molar-refractivity contribution < 1.29 is 36.1 Å². The van der Waals surface area contributed by atoms with Gasteiger partial charge < -0.3 is 19.3 Å². The molecule has 0 radical (unpaired) electrons. The molecule has 2 N–H and O–H groups in total. The third-order valence-electron chi connectivity index (χ3n) is 7.55. The van der Waals surface area contributed by atoms with E-state index in [1.54, 1.807) is 24.3 Å². The molecule has 12 nitrogen and oxygen atoms in total. The summed E-state index contributed by atoms with van der Waals surface area (Å²) in [6, 6.07) is 17.8. The second kappa shape index (κ2) is 11.3. The average Bonchev–Trinajstić information content (AvgIpc) is 3.61. The highest BCUT2D eigenvalue weighted by molar-refractivity contribution is 7.92. The zero-order valence-electron chi connectivity index (χ0n) is 24.6. The van der Waals surface area contributed by atoms with Crippen molar-refractivity contribution in [1.82, 2.24) is 4.98 Å². The van der Waals surface area contributed by atoms with Gasteiger partial charge in [-0.1, -0.05) is 6.07 Å². The first-order valence-electron chi connectivity index (χ1n) is 13.7. The van der Waals surface area contributed by atoms with Crippen LogP contribution < -0.4 is 14.8 Å². The Morgan fingerprint density at radius 2 is 1.78 bits per heavy atom. The Kier molecular flexibility index (Phi) is 7.44. The number of ether oxygens (including phenoxy) is 1. The Labute approximate surface area is 261 Å². The van der Waals surface area contributed by atoms with E-state index in [-0.39, 0.29) is 46.2 Å². The molecule has 4 aromatic carbocycles. The molecule has 2 heterocycles. The van der Waals surface area contributed by atoms with Gasteiger partial charge in [0.15, 0.2) is 5.58 Å². The van der Waals surface area contributed by atoms with Crippen molar-refractivity contribution in [2.75, 3.05) is 24.7 Å². The van der Waals surface area contributed by atoms with Crippen LogP contribution in [-0.2, 0) is 16.4 Å². The molecule has 0 aliphatic carbocycles. The summed E-state index contributed by atoms with van der Waals surface area (Å²) in [7, 11) is -0.864. The van der Waals surface area contributed by atoms with E-state index in [1.807, 2.05) is 0 Å². The van der Waals surface area contributed by atoms with Crippen molar-refractivity contribution >= 4 is 49.4 Å². The number of rotatable bonds is 9. The highest BCUT2D eigenvalue weighted by Crippen LogP contribution is 2.39. The molecule has 2 aromatic heterocycles. The molecule has 6 aromatic rings. The number of amides is 1. The summed E-state index contributed by atoms with van der Waals surface area (Å²) in [5.41, 5.74) is 8.90. The van der Waals surface area contributed by atoms with Crippen molar-refractivity contribution in [3.8, 4) is 28.5 Å². The van der Waals surface area contributed by atoms with Gasteiger partial charge in [-0.2, -0.15) is 0 Å². The van der Waals surface area contributed by atoms with Gasteiger partial charge in [-0.05, 0) is 66.1 Å². The highest BCUT2D eigenvalue weighted by Gasteiger charge is 2.25. The SMILES string of the molecule is COc1ccc(Cc2cc3c(C(N)=O)c(-c4ccc(F)cc4)oc3cc2N(C)S(C)(=O)=O)cc1-c1nc2ccc([N+](=O)[O-])cc2o1. The van der Waals surface area contributed by atoms with Crippen LogP contribution >= 0.6 is 0 Å². The minimum absolute atomic E-state index is 0.0624. The smallest absolute Gasteiger partial charge is 0.273 e. The second-order valence-electron chi connectivity index (χ2n) is 10.5. The number of halogens is 1. The largest absolute Gasteiger partial charge is 0.496 e. The van der Waals surface area contributed by atoms with Crippen LogP contribution in [0.5, 0.6) is 5.75 Å². The molecule has 0 aliphatic heterocycles. The molecule has 0 unspecified atom stereocenters. The molecule has 0 bridgehead atoms. The zero-order valence-corrected chi connectivity index (χ0v) is 25.4. The normalized spacial score (nSPS) is 11.7. The lowest BCUT2D eigenvalue weighted by Crippen LogP contribution is -2.26. The first kappa shape index (κ1) is 30.3. The Morgan fingerprint density at radius 3 is 2.43 bits per heavy atom. The van der Waals surface area contributed by atoms with Gasteiger partial charge in [0, 0.05) is 30.1 Å². The summed E-state index contributed by atoms with van der Waals surface area (Å²) in [5, 5.41) is 11.6. The number of nitro benzene ring substituents is 1. The van der Waals surface area contributed by atoms with E-state index in [2.05, 4.69) is 4.98 Å². The maximum atomic E-state index is 13.6. The van der Waals surface area contributed by atoms with E-state index in [9.17, 15) is 27.7 Å². The molecule has 0 spiro atoms. The number of benzene rings is 4. The topological polar surface area (TPSA) is 172 Å². The highest BCUT2D eigenvalue weighted by atomic mass is 32.2. The quantitative estimate of drug-likeness (QED) is 0.145. The zero-order chi connectivity index (χ0) is 32.9. The van der Waals surface area contributed by atoms with Crippen LogP contribution in [0.2, 0.25) is 0 Å². The fourth-order valence-electron chi connectivity index (χ4n) is 5.23. The van der Waals surface area contributed by atoms with Crippen LogP contribution in [0.3, 0.4) is 0 Å². The summed E-state index contributed by atoms with van der Waals surface area (Å²) in [5.74, 6) is -0.555. The molecule has 6 rings (SSSR count). The van der Waals surface area contributed by atoms with Gasteiger partial charge in [0.2, 0.25) is 15.9 Å². The van der Waals surface area contributed by atoms with E-state index in [0.717, 1.165) is 10.6 Å². The molecule has 0 saturated carbocycles. The lowest BCUT2D eigenvalue weighted by molar-refractivity contribution is -0.384. The van der Waals surface area contributed by atoms with Crippen LogP contribution in [0.25, 0.3) is 44.8 Å². The minimum atomic E-state index is -3.74. The van der Waals surface area contributed by atoms with Crippen molar-refractivity contribution in [3.05, 3.63) is 105 Å². The van der Waals surface area contributed by atoms with E-state index in [4.69, 9.17) is 19.3 Å². The summed E-state index contributed by atoms with van der Waals surface area (Å²) < 4.78 is 57.6. The van der Waals surface area contributed by atoms with E-state index >= 15 is 0 Å². The van der Waals surface area contributed by atoms with Gasteiger partial charge in [0.25, 0.3) is 11.6 Å². The van der Waals surface area contributed by atoms with Gasteiger partial charge >= 0.3 is 0 Å². The number of sulfonamides is 1. The number of nitrogens with zero attached hydrogens (tertiary/aromatic N) is 3. The van der Waals surface area contributed by atoms with Crippen molar-refractivity contribution in [1.29, 1.82) is 0 Å². The number of furan rings is 1. The van der Waals surface area contributed by atoms with Crippen molar-refractivity contribution in [3.63, 3.8) is 0 Å². The Morgan fingerprint density at radius 1 is 1.04 bits per heavy atom. The van der Waals surface area contributed by atoms with Crippen LogP contribution in [0.4, 0.5) is 15.8 Å². The number of fused-ring (bicyclic) bond motifs is 2. The lowest BCUT2D eigenvalue weighted by Gasteiger charge is -2.21. The molecule has 0 fully saturated rings. The number of oxazole rings is 1. The predicted molar refractivity (Wildman–Crippen MR) is 169 cm³/mol. The fraction of sp³-hybridized carbons (Fsp3) is 0.125. The minimum Gasteiger partial charge on any atom is -0.496 e.